The molecule has 1 fully saturated rings. The summed E-state index contributed by atoms with van der Waals surface area (Å²) in [6.07, 6.45) is 0. The molecule has 2 rings (SSSR count). The largest absolute Gasteiger partial charge is 0.495 e. The van der Waals surface area contributed by atoms with Crippen LogP contribution in [0.25, 0.3) is 0 Å². The van der Waals surface area contributed by atoms with Gasteiger partial charge in [-0.15, -0.1) is 0 Å². The Bertz CT molecular complexity index is 601. The number of hydrogen-bond donors (Lipinski definition) is 1. The highest BCUT2D eigenvalue weighted by Gasteiger charge is 2.33. The van der Waals surface area contributed by atoms with Gasteiger partial charge in [0.1, 0.15) is 10.6 Å². The second-order valence-corrected chi connectivity index (χ2v) is 6.76. The Morgan fingerprint density at radius 2 is 2.15 bits per heavy atom. The van der Waals surface area contributed by atoms with Crippen LogP contribution in [0.2, 0.25) is 0 Å². The molecule has 20 heavy (non-hydrogen) atoms. The van der Waals surface area contributed by atoms with Crippen LogP contribution in [-0.4, -0.2) is 45.6 Å². The molecule has 1 aromatic rings. The Hall–Kier alpha value is -1.31. The van der Waals surface area contributed by atoms with Crippen molar-refractivity contribution in [3.05, 3.63) is 17.7 Å². The second-order valence-electron chi connectivity index (χ2n) is 4.90. The summed E-state index contributed by atoms with van der Waals surface area (Å²) in [6, 6.07) is 2.90. The molecule has 0 radical (unpaired) electrons. The number of nitrogen functional groups attached to an aromatic ring is 1. The Labute approximate surface area is 119 Å². The number of benzene rings is 1. The Morgan fingerprint density at radius 1 is 1.45 bits per heavy atom. The predicted octanol–water partition coefficient (Wildman–Crippen LogP) is 0.995. The molecule has 0 amide bonds. The number of rotatable bonds is 3. The third kappa shape index (κ3) is 2.61. The average molecular weight is 300 g/mol. The lowest BCUT2D eigenvalue weighted by Gasteiger charge is -2.32. The Morgan fingerprint density at radius 3 is 2.75 bits per heavy atom. The molecule has 0 aromatic heterocycles. The highest BCUT2D eigenvalue weighted by molar-refractivity contribution is 7.89. The summed E-state index contributed by atoms with van der Waals surface area (Å²) in [5, 5.41) is 0. The zero-order chi connectivity index (χ0) is 14.9. The fourth-order valence-electron chi connectivity index (χ4n) is 2.23. The summed E-state index contributed by atoms with van der Waals surface area (Å²) in [7, 11) is -2.19. The molecular formula is C13H20N2O4S. The molecule has 1 aromatic carbocycles. The zero-order valence-electron chi connectivity index (χ0n) is 11.9. The Balaban J connectivity index is 2.51. The van der Waals surface area contributed by atoms with E-state index in [1.807, 2.05) is 13.8 Å². The molecule has 0 bridgehead atoms. The molecule has 0 aliphatic carbocycles. The van der Waals surface area contributed by atoms with E-state index in [2.05, 4.69) is 0 Å². The summed E-state index contributed by atoms with van der Waals surface area (Å²) < 4.78 is 37.5. The first-order chi connectivity index (χ1) is 9.37. The van der Waals surface area contributed by atoms with Crippen LogP contribution in [0, 0.1) is 6.92 Å². The van der Waals surface area contributed by atoms with Crippen molar-refractivity contribution in [1.29, 1.82) is 0 Å². The summed E-state index contributed by atoms with van der Waals surface area (Å²) in [6.45, 7) is 4.75. The molecule has 2 N–H and O–H groups in total. The molecule has 7 heteroatoms. The van der Waals surface area contributed by atoms with Gasteiger partial charge in [0.25, 0.3) is 0 Å². The molecule has 1 atom stereocenters. The van der Waals surface area contributed by atoms with E-state index in [0.717, 1.165) is 5.56 Å². The van der Waals surface area contributed by atoms with Crippen LogP contribution in [0.5, 0.6) is 5.75 Å². The van der Waals surface area contributed by atoms with Gasteiger partial charge in [-0.3, -0.25) is 0 Å². The lowest BCUT2D eigenvalue weighted by Crippen LogP contribution is -2.47. The molecule has 1 aliphatic heterocycles. The predicted molar refractivity (Wildman–Crippen MR) is 76.3 cm³/mol. The van der Waals surface area contributed by atoms with E-state index in [9.17, 15) is 8.42 Å². The number of ether oxygens (including phenoxy) is 2. The van der Waals surface area contributed by atoms with Gasteiger partial charge in [-0.1, -0.05) is 0 Å². The summed E-state index contributed by atoms with van der Waals surface area (Å²) in [5.41, 5.74) is 7.07. The number of sulfonamides is 1. The number of morpholine rings is 1. The van der Waals surface area contributed by atoms with Gasteiger partial charge in [0.15, 0.2) is 0 Å². The quantitative estimate of drug-likeness (QED) is 0.842. The van der Waals surface area contributed by atoms with E-state index in [-0.39, 0.29) is 10.9 Å². The molecule has 1 aliphatic rings. The van der Waals surface area contributed by atoms with Crippen LogP contribution < -0.4 is 10.5 Å². The lowest BCUT2D eigenvalue weighted by atomic mass is 10.2. The van der Waals surface area contributed by atoms with Gasteiger partial charge in [-0.2, -0.15) is 4.31 Å². The third-order valence-electron chi connectivity index (χ3n) is 3.45. The summed E-state index contributed by atoms with van der Waals surface area (Å²) in [5.74, 6) is 0.315. The SMILES string of the molecule is COc1cc(C)c(N)cc1S(=O)(=O)N1CCOCC1C. The van der Waals surface area contributed by atoms with E-state index >= 15 is 0 Å². The number of nitrogens with two attached hydrogens (primary N) is 1. The maximum Gasteiger partial charge on any atom is 0.247 e. The maximum atomic E-state index is 12.8. The fraction of sp³-hybridized carbons (Fsp3) is 0.538. The van der Waals surface area contributed by atoms with Gasteiger partial charge < -0.3 is 15.2 Å². The van der Waals surface area contributed by atoms with Gasteiger partial charge in [0.05, 0.1) is 20.3 Å². The van der Waals surface area contributed by atoms with E-state index in [4.69, 9.17) is 15.2 Å². The monoisotopic (exact) mass is 300 g/mol. The van der Waals surface area contributed by atoms with Gasteiger partial charge in [0, 0.05) is 18.3 Å². The highest BCUT2D eigenvalue weighted by Crippen LogP contribution is 2.32. The average Bonchev–Trinajstić information content (AvgIpc) is 2.41. The standard InChI is InChI=1S/C13H20N2O4S/c1-9-6-12(18-3)13(7-11(9)14)20(16,17)15-4-5-19-8-10(15)2/h6-7,10H,4-5,8,14H2,1-3H3. The van der Waals surface area contributed by atoms with Gasteiger partial charge >= 0.3 is 0 Å². The van der Waals surface area contributed by atoms with Crippen molar-refractivity contribution >= 4 is 15.7 Å². The zero-order valence-corrected chi connectivity index (χ0v) is 12.7. The molecule has 0 spiro atoms. The van der Waals surface area contributed by atoms with Crippen molar-refractivity contribution in [1.82, 2.24) is 4.31 Å². The molecule has 0 saturated carbocycles. The van der Waals surface area contributed by atoms with E-state index in [0.29, 0.717) is 31.2 Å². The van der Waals surface area contributed by atoms with Gasteiger partial charge in [0.2, 0.25) is 10.0 Å². The van der Waals surface area contributed by atoms with E-state index in [1.165, 1.54) is 17.5 Å². The normalized spacial score (nSPS) is 20.9. The highest BCUT2D eigenvalue weighted by atomic mass is 32.2. The van der Waals surface area contributed by atoms with E-state index < -0.39 is 10.0 Å². The molecule has 1 saturated heterocycles. The maximum absolute atomic E-state index is 12.8. The van der Waals surface area contributed by atoms with Crippen LogP contribution >= 0.6 is 0 Å². The van der Waals surface area contributed by atoms with Crippen LogP contribution in [-0.2, 0) is 14.8 Å². The number of methoxy groups -OCH3 is 1. The summed E-state index contributed by atoms with van der Waals surface area (Å²) in [4.78, 5) is 0.108. The molecular weight excluding hydrogens is 280 g/mol. The number of anilines is 1. The number of hydrogen-bond acceptors (Lipinski definition) is 5. The third-order valence-corrected chi connectivity index (χ3v) is 5.48. The summed E-state index contributed by atoms with van der Waals surface area (Å²) >= 11 is 0. The van der Waals surface area contributed by atoms with Crippen molar-refractivity contribution in [2.75, 3.05) is 32.6 Å². The Kier molecular flexibility index (Phi) is 4.22. The van der Waals surface area contributed by atoms with Gasteiger partial charge in [-0.05, 0) is 31.5 Å². The first-order valence-corrected chi connectivity index (χ1v) is 7.85. The fourth-order valence-corrected chi connectivity index (χ4v) is 4.01. The van der Waals surface area contributed by atoms with Gasteiger partial charge in [-0.25, -0.2) is 8.42 Å². The van der Waals surface area contributed by atoms with Crippen molar-refractivity contribution < 1.29 is 17.9 Å². The first-order valence-electron chi connectivity index (χ1n) is 6.41. The topological polar surface area (TPSA) is 81.9 Å². The first kappa shape index (κ1) is 15.1. The molecule has 1 unspecified atom stereocenters. The van der Waals surface area contributed by atoms with Crippen molar-refractivity contribution in [2.45, 2.75) is 24.8 Å². The molecule has 1 heterocycles. The van der Waals surface area contributed by atoms with Crippen LogP contribution in [0.3, 0.4) is 0 Å². The minimum Gasteiger partial charge on any atom is -0.495 e. The van der Waals surface area contributed by atoms with E-state index in [1.54, 1.807) is 6.07 Å². The van der Waals surface area contributed by atoms with Crippen molar-refractivity contribution in [3.8, 4) is 5.75 Å². The van der Waals surface area contributed by atoms with Crippen molar-refractivity contribution in [3.63, 3.8) is 0 Å². The second kappa shape index (κ2) is 5.59. The smallest absolute Gasteiger partial charge is 0.247 e. The minimum atomic E-state index is -3.64. The number of nitrogens with zero attached hydrogens (tertiary/aromatic N) is 1. The molecule has 6 nitrogen and oxygen atoms in total. The van der Waals surface area contributed by atoms with Crippen molar-refractivity contribution in [2.24, 2.45) is 0 Å². The number of aryl methyl sites for hydroxylation is 1. The minimum absolute atomic E-state index is 0.108. The lowest BCUT2D eigenvalue weighted by molar-refractivity contribution is 0.0392. The van der Waals surface area contributed by atoms with Crippen LogP contribution in [0.4, 0.5) is 5.69 Å². The van der Waals surface area contributed by atoms with Crippen LogP contribution in [0.1, 0.15) is 12.5 Å². The van der Waals surface area contributed by atoms with Crippen LogP contribution in [0.15, 0.2) is 17.0 Å². The molecule has 112 valence electrons.